The van der Waals surface area contributed by atoms with E-state index in [4.69, 9.17) is 0 Å². The average Bonchev–Trinajstić information content (AvgIpc) is 2.64. The second kappa shape index (κ2) is 7.51. The van der Waals surface area contributed by atoms with Gasteiger partial charge in [-0.2, -0.15) is 0 Å². The quantitative estimate of drug-likeness (QED) is 0.555. The first-order valence-corrected chi connectivity index (χ1v) is 12.4. The van der Waals surface area contributed by atoms with Gasteiger partial charge in [-0.3, -0.25) is 0 Å². The minimum absolute atomic E-state index is 0.432. The summed E-state index contributed by atoms with van der Waals surface area (Å²) in [6.07, 6.45) is 0. The van der Waals surface area contributed by atoms with Crippen LogP contribution in [-0.4, -0.2) is 22.2 Å². The normalized spacial score (nSPS) is 12.7. The Labute approximate surface area is 159 Å². The van der Waals surface area contributed by atoms with Gasteiger partial charge in [0.2, 0.25) is 0 Å². The molecule has 0 spiro atoms. The molecule has 1 nitrogen and oxygen atoms in total. The first-order valence-electron chi connectivity index (χ1n) is 9.29. The van der Waals surface area contributed by atoms with Gasteiger partial charge in [-0.05, 0) is 30.2 Å². The van der Waals surface area contributed by atoms with Gasteiger partial charge in [0.25, 0.3) is 0 Å². The summed E-state index contributed by atoms with van der Waals surface area (Å²) in [4.78, 5) is 2.16. The van der Waals surface area contributed by atoms with Crippen LogP contribution in [0.4, 0.5) is 5.69 Å². The van der Waals surface area contributed by atoms with Crippen LogP contribution in [0.1, 0.15) is 22.2 Å². The predicted octanol–water partition coefficient (Wildman–Crippen LogP) is 5.35. The standard InChI is InChI=1S/C24H29NSi/c1-19-11-13-20(14-12-19)24(21-15-17-22(18-16-21)25(2)3)26(4,5)23-9-7-6-8-10-23/h6-18,24H,1-5H3/t24-/m0/s1. The van der Waals surface area contributed by atoms with E-state index in [1.165, 1.54) is 27.6 Å². The second-order valence-corrected chi connectivity index (χ2v) is 12.5. The Hall–Kier alpha value is -2.32. The highest BCUT2D eigenvalue weighted by Gasteiger charge is 2.35. The number of hydrogen-bond donors (Lipinski definition) is 0. The minimum Gasteiger partial charge on any atom is -0.378 e. The Morgan fingerprint density at radius 2 is 1.19 bits per heavy atom. The molecule has 0 saturated carbocycles. The molecular weight excluding hydrogens is 330 g/mol. The number of hydrogen-bond acceptors (Lipinski definition) is 1. The van der Waals surface area contributed by atoms with Crippen LogP contribution >= 0.6 is 0 Å². The van der Waals surface area contributed by atoms with E-state index in [1.54, 1.807) is 0 Å². The molecule has 0 aromatic heterocycles. The third kappa shape index (κ3) is 3.76. The average molecular weight is 360 g/mol. The molecule has 0 N–H and O–H groups in total. The molecule has 3 aromatic carbocycles. The molecule has 1 atom stereocenters. The zero-order chi connectivity index (χ0) is 18.7. The van der Waals surface area contributed by atoms with Gasteiger partial charge in [-0.25, -0.2) is 0 Å². The van der Waals surface area contributed by atoms with Crippen molar-refractivity contribution < 1.29 is 0 Å². The van der Waals surface area contributed by atoms with E-state index < -0.39 is 8.07 Å². The molecule has 134 valence electrons. The van der Waals surface area contributed by atoms with Gasteiger partial charge in [0.05, 0.1) is 8.07 Å². The molecule has 0 heterocycles. The highest BCUT2D eigenvalue weighted by molar-refractivity contribution is 6.91. The number of benzene rings is 3. The fourth-order valence-corrected chi connectivity index (χ4v) is 7.22. The first kappa shape index (κ1) is 18.5. The van der Waals surface area contributed by atoms with Crippen LogP contribution < -0.4 is 10.1 Å². The zero-order valence-corrected chi connectivity index (χ0v) is 17.5. The summed E-state index contributed by atoms with van der Waals surface area (Å²) in [6.45, 7) is 7.14. The van der Waals surface area contributed by atoms with E-state index in [-0.39, 0.29) is 0 Å². The zero-order valence-electron chi connectivity index (χ0n) is 16.5. The Balaban J connectivity index is 2.11. The number of rotatable bonds is 5. The summed E-state index contributed by atoms with van der Waals surface area (Å²) in [6, 6.07) is 29.3. The van der Waals surface area contributed by atoms with Crippen LogP contribution in [-0.2, 0) is 0 Å². The molecule has 0 amide bonds. The molecule has 0 aliphatic heterocycles. The summed E-state index contributed by atoms with van der Waals surface area (Å²) in [5.74, 6) is 0. The summed E-state index contributed by atoms with van der Waals surface area (Å²) in [7, 11) is 2.42. The molecule has 3 aromatic rings. The molecule has 2 heteroatoms. The molecule has 0 saturated heterocycles. The highest BCUT2D eigenvalue weighted by Crippen LogP contribution is 2.34. The van der Waals surface area contributed by atoms with Crippen LogP contribution in [0.3, 0.4) is 0 Å². The third-order valence-electron chi connectivity index (χ3n) is 5.39. The SMILES string of the molecule is Cc1ccc([C@@H](c2ccc(N(C)C)cc2)[Si](C)(C)c2ccccc2)cc1. The second-order valence-electron chi connectivity index (χ2n) is 7.92. The Morgan fingerprint density at radius 1 is 0.692 bits per heavy atom. The summed E-state index contributed by atoms with van der Waals surface area (Å²) in [5, 5.41) is 1.50. The molecule has 0 aliphatic carbocycles. The monoisotopic (exact) mass is 359 g/mol. The third-order valence-corrected chi connectivity index (χ3v) is 9.32. The van der Waals surface area contributed by atoms with E-state index in [2.05, 4.69) is 118 Å². The number of aryl methyl sites for hydroxylation is 1. The van der Waals surface area contributed by atoms with Gasteiger partial charge in [0, 0.05) is 25.3 Å². The topological polar surface area (TPSA) is 3.24 Å². The van der Waals surface area contributed by atoms with Crippen molar-refractivity contribution in [1.82, 2.24) is 0 Å². The minimum atomic E-state index is -1.77. The summed E-state index contributed by atoms with van der Waals surface area (Å²) >= 11 is 0. The van der Waals surface area contributed by atoms with Gasteiger partial charge in [0.15, 0.2) is 0 Å². The molecular formula is C24H29NSi. The number of nitrogens with zero attached hydrogens (tertiary/aromatic N) is 1. The van der Waals surface area contributed by atoms with Gasteiger partial charge in [-0.1, -0.05) is 90.6 Å². The lowest BCUT2D eigenvalue weighted by Crippen LogP contribution is -2.48. The fourth-order valence-electron chi connectivity index (χ4n) is 3.78. The van der Waals surface area contributed by atoms with Crippen molar-refractivity contribution >= 4 is 18.9 Å². The smallest absolute Gasteiger partial charge is 0.0927 e. The van der Waals surface area contributed by atoms with E-state index in [0.29, 0.717) is 5.54 Å². The van der Waals surface area contributed by atoms with Crippen LogP contribution in [0.25, 0.3) is 0 Å². The maximum Gasteiger partial charge on any atom is 0.0927 e. The number of anilines is 1. The van der Waals surface area contributed by atoms with Gasteiger partial charge in [0.1, 0.15) is 0 Å². The van der Waals surface area contributed by atoms with Crippen molar-refractivity contribution in [2.45, 2.75) is 25.6 Å². The Kier molecular flexibility index (Phi) is 5.33. The van der Waals surface area contributed by atoms with Gasteiger partial charge in [-0.15, -0.1) is 0 Å². The van der Waals surface area contributed by atoms with Crippen LogP contribution in [0.15, 0.2) is 78.9 Å². The highest BCUT2D eigenvalue weighted by atomic mass is 28.3. The van der Waals surface area contributed by atoms with Crippen LogP contribution in [0, 0.1) is 6.92 Å². The lowest BCUT2D eigenvalue weighted by atomic mass is 10.0. The maximum absolute atomic E-state index is 2.49. The lowest BCUT2D eigenvalue weighted by molar-refractivity contribution is 1.07. The molecule has 0 fully saturated rings. The van der Waals surface area contributed by atoms with Crippen molar-refractivity contribution in [2.75, 3.05) is 19.0 Å². The van der Waals surface area contributed by atoms with Crippen LogP contribution in [0.2, 0.25) is 13.1 Å². The van der Waals surface area contributed by atoms with E-state index in [9.17, 15) is 0 Å². The van der Waals surface area contributed by atoms with Gasteiger partial charge < -0.3 is 4.90 Å². The Bertz CT molecular complexity index is 834. The molecule has 3 rings (SSSR count). The lowest BCUT2D eigenvalue weighted by Gasteiger charge is -2.34. The first-order chi connectivity index (χ1) is 12.4. The van der Waals surface area contributed by atoms with E-state index in [1.807, 2.05) is 0 Å². The van der Waals surface area contributed by atoms with Crippen molar-refractivity contribution in [3.05, 3.63) is 95.6 Å². The van der Waals surface area contributed by atoms with Gasteiger partial charge >= 0.3 is 0 Å². The van der Waals surface area contributed by atoms with Crippen molar-refractivity contribution in [3.63, 3.8) is 0 Å². The summed E-state index contributed by atoms with van der Waals surface area (Å²) < 4.78 is 0. The van der Waals surface area contributed by atoms with Crippen molar-refractivity contribution in [1.29, 1.82) is 0 Å². The summed E-state index contributed by atoms with van der Waals surface area (Å²) in [5.41, 5.74) is 5.83. The largest absolute Gasteiger partial charge is 0.378 e. The molecule has 0 bridgehead atoms. The van der Waals surface area contributed by atoms with Crippen LogP contribution in [0.5, 0.6) is 0 Å². The molecule has 0 unspecified atom stereocenters. The molecule has 0 radical (unpaired) electrons. The van der Waals surface area contributed by atoms with E-state index in [0.717, 1.165) is 0 Å². The molecule has 26 heavy (non-hydrogen) atoms. The predicted molar refractivity (Wildman–Crippen MR) is 117 cm³/mol. The van der Waals surface area contributed by atoms with Crippen molar-refractivity contribution in [2.24, 2.45) is 0 Å². The Morgan fingerprint density at radius 3 is 1.69 bits per heavy atom. The van der Waals surface area contributed by atoms with Crippen molar-refractivity contribution in [3.8, 4) is 0 Å². The van der Waals surface area contributed by atoms with E-state index >= 15 is 0 Å². The maximum atomic E-state index is 2.49. The fraction of sp³-hybridized carbons (Fsp3) is 0.250. The molecule has 0 aliphatic rings.